The van der Waals surface area contributed by atoms with Crippen LogP contribution >= 0.6 is 0 Å². The van der Waals surface area contributed by atoms with Crippen LogP contribution in [0.15, 0.2) is 36.5 Å². The summed E-state index contributed by atoms with van der Waals surface area (Å²) in [6.07, 6.45) is 80.6. The van der Waals surface area contributed by atoms with E-state index in [1.807, 2.05) is 6.08 Å². The molecule has 0 aromatic heterocycles. The fourth-order valence-corrected chi connectivity index (χ4v) is 10.3. The third-order valence-electron chi connectivity index (χ3n) is 15.4. The molecule has 2 atom stereocenters. The van der Waals surface area contributed by atoms with Crippen LogP contribution in [0.2, 0.25) is 0 Å². The van der Waals surface area contributed by atoms with Gasteiger partial charge in [0.1, 0.15) is 0 Å². The lowest BCUT2D eigenvalue weighted by Gasteiger charge is -2.20. The summed E-state index contributed by atoms with van der Waals surface area (Å²) < 4.78 is 5.47. The van der Waals surface area contributed by atoms with Gasteiger partial charge in [-0.2, -0.15) is 0 Å². The molecule has 0 spiro atoms. The summed E-state index contributed by atoms with van der Waals surface area (Å²) >= 11 is 0. The first-order valence-corrected chi connectivity index (χ1v) is 33.3. The average Bonchev–Trinajstić information content (AvgIpc) is 3.40. The molecular weight excluding hydrogens is 911 g/mol. The summed E-state index contributed by atoms with van der Waals surface area (Å²) in [6, 6.07) is -0.631. The van der Waals surface area contributed by atoms with Crippen LogP contribution in [0, 0.1) is 0 Å². The molecule has 0 rings (SSSR count). The highest BCUT2D eigenvalue weighted by Gasteiger charge is 2.18. The summed E-state index contributed by atoms with van der Waals surface area (Å²) in [5.74, 6) is -0.0645. The molecule has 0 aliphatic heterocycles. The molecule has 3 N–H and O–H groups in total. The number of hydrogen-bond donors (Lipinski definition) is 3. The second-order valence-electron chi connectivity index (χ2n) is 22.8. The molecule has 2 unspecified atom stereocenters. The lowest BCUT2D eigenvalue weighted by molar-refractivity contribution is -0.143. The Bertz CT molecular complexity index is 1200. The molecule has 0 heterocycles. The fourth-order valence-electron chi connectivity index (χ4n) is 10.3. The Labute approximate surface area is 462 Å². The number of amides is 1. The Hall–Kier alpha value is -1.92. The SMILES string of the molecule is CCCCCC/C=C\CCCCCCCC(=O)OCCCCCCCCCCCCCC/C=C\CCCCCCCCCCCC(=O)NC(CO)C(O)/C=C/CCCCCCCCCCCCCCCCCCC. The van der Waals surface area contributed by atoms with Gasteiger partial charge in [-0.25, -0.2) is 0 Å². The number of unbranched alkanes of at least 4 members (excludes halogenated alkanes) is 47. The Kier molecular flexibility index (Phi) is 62.0. The van der Waals surface area contributed by atoms with Crippen LogP contribution in [-0.2, 0) is 14.3 Å². The summed E-state index contributed by atoms with van der Waals surface area (Å²) in [6.45, 7) is 4.91. The summed E-state index contributed by atoms with van der Waals surface area (Å²) in [4.78, 5) is 24.5. The smallest absolute Gasteiger partial charge is 0.305 e. The van der Waals surface area contributed by atoms with Crippen molar-refractivity contribution < 1.29 is 24.5 Å². The van der Waals surface area contributed by atoms with Gasteiger partial charge >= 0.3 is 5.97 Å². The third-order valence-corrected chi connectivity index (χ3v) is 15.4. The van der Waals surface area contributed by atoms with Crippen molar-refractivity contribution in [1.29, 1.82) is 0 Å². The number of nitrogens with one attached hydrogen (secondary N) is 1. The molecule has 436 valence electrons. The van der Waals surface area contributed by atoms with Crippen molar-refractivity contribution in [2.24, 2.45) is 0 Å². The van der Waals surface area contributed by atoms with Crippen molar-refractivity contribution in [3.63, 3.8) is 0 Å². The second kappa shape index (κ2) is 63.6. The molecule has 0 bridgehead atoms. The van der Waals surface area contributed by atoms with Crippen molar-refractivity contribution in [2.75, 3.05) is 13.2 Å². The highest BCUT2D eigenvalue weighted by molar-refractivity contribution is 5.76. The van der Waals surface area contributed by atoms with Crippen LogP contribution in [0.1, 0.15) is 361 Å². The minimum absolute atomic E-state index is 0.00394. The molecule has 74 heavy (non-hydrogen) atoms. The van der Waals surface area contributed by atoms with Gasteiger partial charge in [0.15, 0.2) is 0 Å². The number of aliphatic hydroxyl groups is 2. The average molecular weight is 1040 g/mol. The Morgan fingerprint density at radius 1 is 0.365 bits per heavy atom. The minimum Gasteiger partial charge on any atom is -0.466 e. The fraction of sp³-hybridized carbons (Fsp3) is 0.882. The lowest BCUT2D eigenvalue weighted by atomic mass is 10.0. The van der Waals surface area contributed by atoms with Gasteiger partial charge in [-0.05, 0) is 83.5 Å². The molecule has 0 saturated heterocycles. The highest BCUT2D eigenvalue weighted by Crippen LogP contribution is 2.18. The standard InChI is InChI=1S/C68H129NO5/c1-3-5-7-9-11-13-15-17-18-19-27-30-33-37-40-44-48-52-56-60-66(71)65(64-70)69-67(72)61-57-53-49-45-41-38-34-31-28-25-23-21-20-22-24-26-29-32-35-39-43-47-51-55-59-63-74-68(73)62-58-54-50-46-42-36-16-14-12-10-8-6-4-2/h14,16,21,23,56,60,65-66,70-71H,3-13,15,17-20,22,24-55,57-59,61-64H2,1-2H3,(H,69,72)/b16-14-,23-21-,60-56+. The summed E-state index contributed by atoms with van der Waals surface area (Å²) in [7, 11) is 0. The van der Waals surface area contributed by atoms with Gasteiger partial charge in [-0.1, -0.05) is 301 Å². The van der Waals surface area contributed by atoms with Gasteiger partial charge in [-0.3, -0.25) is 9.59 Å². The van der Waals surface area contributed by atoms with E-state index in [-0.39, 0.29) is 18.5 Å². The van der Waals surface area contributed by atoms with E-state index in [0.717, 1.165) is 44.9 Å². The molecule has 0 aromatic carbocycles. The first-order valence-electron chi connectivity index (χ1n) is 33.3. The molecule has 0 saturated carbocycles. The first-order chi connectivity index (χ1) is 36.5. The minimum atomic E-state index is -0.847. The zero-order valence-electron chi connectivity index (χ0n) is 49.8. The number of carbonyl (C=O) groups is 2. The summed E-state index contributed by atoms with van der Waals surface area (Å²) in [5.41, 5.74) is 0. The molecule has 6 heteroatoms. The van der Waals surface area contributed by atoms with Gasteiger partial charge in [0, 0.05) is 12.8 Å². The van der Waals surface area contributed by atoms with E-state index >= 15 is 0 Å². The maximum Gasteiger partial charge on any atom is 0.305 e. The first kappa shape index (κ1) is 72.1. The second-order valence-corrected chi connectivity index (χ2v) is 22.8. The topological polar surface area (TPSA) is 95.9 Å². The molecule has 6 nitrogen and oxygen atoms in total. The van der Waals surface area contributed by atoms with E-state index in [1.54, 1.807) is 6.08 Å². The predicted molar refractivity (Wildman–Crippen MR) is 324 cm³/mol. The van der Waals surface area contributed by atoms with Crippen molar-refractivity contribution in [2.45, 2.75) is 373 Å². The van der Waals surface area contributed by atoms with Crippen molar-refractivity contribution >= 4 is 11.9 Å². The van der Waals surface area contributed by atoms with Crippen LogP contribution in [0.25, 0.3) is 0 Å². The normalized spacial score (nSPS) is 12.8. The molecule has 0 aliphatic carbocycles. The van der Waals surface area contributed by atoms with Crippen LogP contribution in [0.4, 0.5) is 0 Å². The van der Waals surface area contributed by atoms with Gasteiger partial charge in [0.2, 0.25) is 5.91 Å². The number of ether oxygens (including phenoxy) is 1. The van der Waals surface area contributed by atoms with Gasteiger partial charge in [0.05, 0.1) is 25.4 Å². The number of rotatable bonds is 62. The van der Waals surface area contributed by atoms with E-state index in [4.69, 9.17) is 4.74 Å². The quantitative estimate of drug-likeness (QED) is 0.0320. The zero-order chi connectivity index (χ0) is 53.6. The lowest BCUT2D eigenvalue weighted by Crippen LogP contribution is -2.45. The zero-order valence-corrected chi connectivity index (χ0v) is 49.8. The largest absolute Gasteiger partial charge is 0.466 e. The number of esters is 1. The number of hydrogen-bond acceptors (Lipinski definition) is 5. The van der Waals surface area contributed by atoms with Crippen LogP contribution in [0.5, 0.6) is 0 Å². The Morgan fingerprint density at radius 2 is 0.635 bits per heavy atom. The summed E-state index contributed by atoms with van der Waals surface area (Å²) in [5, 5.41) is 23.2. The van der Waals surface area contributed by atoms with E-state index in [0.29, 0.717) is 19.4 Å². The molecule has 1 amide bonds. The highest BCUT2D eigenvalue weighted by atomic mass is 16.5. The maximum atomic E-state index is 12.5. The maximum absolute atomic E-state index is 12.5. The molecule has 0 aliphatic rings. The molecule has 0 radical (unpaired) electrons. The molecular formula is C68H129NO5. The molecule has 0 aromatic rings. The van der Waals surface area contributed by atoms with Gasteiger partial charge in [-0.15, -0.1) is 0 Å². The van der Waals surface area contributed by atoms with E-state index < -0.39 is 12.1 Å². The predicted octanol–water partition coefficient (Wildman–Crippen LogP) is 21.1. The van der Waals surface area contributed by atoms with Gasteiger partial charge < -0.3 is 20.3 Å². The number of allylic oxidation sites excluding steroid dienone is 5. The number of aliphatic hydroxyl groups excluding tert-OH is 2. The van der Waals surface area contributed by atoms with Crippen LogP contribution in [-0.4, -0.2) is 47.4 Å². The van der Waals surface area contributed by atoms with Crippen molar-refractivity contribution in [3.8, 4) is 0 Å². The van der Waals surface area contributed by atoms with E-state index in [1.165, 1.54) is 289 Å². The van der Waals surface area contributed by atoms with Crippen LogP contribution in [0.3, 0.4) is 0 Å². The van der Waals surface area contributed by atoms with Gasteiger partial charge in [0.25, 0.3) is 0 Å². The van der Waals surface area contributed by atoms with E-state index in [2.05, 4.69) is 43.5 Å². The Morgan fingerprint density at radius 3 is 0.973 bits per heavy atom. The van der Waals surface area contributed by atoms with Crippen molar-refractivity contribution in [1.82, 2.24) is 5.32 Å². The number of carbonyl (C=O) groups excluding carboxylic acids is 2. The van der Waals surface area contributed by atoms with Crippen molar-refractivity contribution in [3.05, 3.63) is 36.5 Å². The monoisotopic (exact) mass is 1040 g/mol. The Balaban J connectivity index is 3.43. The third kappa shape index (κ3) is 59.3. The van der Waals surface area contributed by atoms with E-state index in [9.17, 15) is 19.8 Å². The molecule has 0 fully saturated rings. The van der Waals surface area contributed by atoms with Crippen LogP contribution < -0.4 is 5.32 Å².